The maximum absolute atomic E-state index is 11.4. The number of nitrogens with zero attached hydrogens (tertiary/aromatic N) is 1. The van der Waals surface area contributed by atoms with Gasteiger partial charge in [0.05, 0.1) is 11.7 Å². The predicted octanol–water partition coefficient (Wildman–Crippen LogP) is 1.72. The number of Topliss-reactive ketones (excluding diaryl/α,β-unsaturated/α-hetero) is 1. The molecule has 1 aliphatic heterocycles. The number of likely N-dealkylation sites (tertiary alicyclic amines) is 1. The van der Waals surface area contributed by atoms with Crippen molar-refractivity contribution in [2.75, 3.05) is 26.2 Å². The summed E-state index contributed by atoms with van der Waals surface area (Å²) in [5.41, 5.74) is 0.636. The van der Waals surface area contributed by atoms with E-state index < -0.39 is 0 Å². The van der Waals surface area contributed by atoms with Gasteiger partial charge in [0.25, 0.3) is 0 Å². The van der Waals surface area contributed by atoms with Crippen molar-refractivity contribution >= 4 is 5.78 Å². The molecule has 0 bridgehead atoms. The van der Waals surface area contributed by atoms with Gasteiger partial charge in [0, 0.05) is 19.6 Å². The Kier molecular flexibility index (Phi) is 4.93. The summed E-state index contributed by atoms with van der Waals surface area (Å²) in [7, 11) is 0. The lowest BCUT2D eigenvalue weighted by Gasteiger charge is -2.29. The van der Waals surface area contributed by atoms with E-state index in [9.17, 15) is 9.90 Å². The zero-order valence-corrected chi connectivity index (χ0v) is 11.3. The number of carbonyl (C=O) groups is 1. The lowest BCUT2D eigenvalue weighted by Crippen LogP contribution is -2.38. The zero-order valence-electron chi connectivity index (χ0n) is 11.3. The van der Waals surface area contributed by atoms with Gasteiger partial charge >= 0.3 is 0 Å². The summed E-state index contributed by atoms with van der Waals surface area (Å²) in [6.45, 7) is 4.78. The van der Waals surface area contributed by atoms with E-state index in [0.717, 1.165) is 32.5 Å². The molecular weight excluding hydrogens is 242 g/mol. The molecule has 1 fully saturated rings. The van der Waals surface area contributed by atoms with E-state index in [4.69, 9.17) is 4.74 Å². The predicted molar refractivity (Wildman–Crippen MR) is 73.6 cm³/mol. The summed E-state index contributed by atoms with van der Waals surface area (Å²) < 4.78 is 5.70. The van der Waals surface area contributed by atoms with E-state index >= 15 is 0 Å². The maximum atomic E-state index is 11.4. The average molecular weight is 263 g/mol. The molecule has 1 heterocycles. The van der Waals surface area contributed by atoms with Gasteiger partial charge in [-0.2, -0.15) is 0 Å². The smallest absolute Gasteiger partial charge is 0.163 e. The molecule has 0 atom stereocenters. The van der Waals surface area contributed by atoms with Gasteiger partial charge in [0.1, 0.15) is 12.4 Å². The van der Waals surface area contributed by atoms with E-state index in [1.54, 1.807) is 13.0 Å². The Morgan fingerprint density at radius 1 is 1.37 bits per heavy atom. The van der Waals surface area contributed by atoms with E-state index in [0.29, 0.717) is 17.9 Å². The summed E-state index contributed by atoms with van der Waals surface area (Å²) in [5.74, 6) is 0.684. The summed E-state index contributed by atoms with van der Waals surface area (Å²) in [6.07, 6.45) is 1.53. The highest BCUT2D eigenvalue weighted by Gasteiger charge is 2.16. The summed E-state index contributed by atoms with van der Waals surface area (Å²) in [6, 6.07) is 7.33. The normalized spacial score (nSPS) is 17.4. The van der Waals surface area contributed by atoms with Crippen LogP contribution in [0, 0.1) is 0 Å². The Labute approximate surface area is 114 Å². The minimum absolute atomic E-state index is 0.0247. The molecule has 1 aromatic rings. The van der Waals surface area contributed by atoms with Crippen LogP contribution in [0.3, 0.4) is 0 Å². The van der Waals surface area contributed by atoms with Crippen LogP contribution in [0.5, 0.6) is 5.75 Å². The van der Waals surface area contributed by atoms with Crippen LogP contribution in [0.1, 0.15) is 30.1 Å². The van der Waals surface area contributed by atoms with Crippen LogP contribution in [0.4, 0.5) is 0 Å². The second-order valence-corrected chi connectivity index (χ2v) is 4.97. The number of benzene rings is 1. The molecule has 2 rings (SSSR count). The molecule has 0 saturated carbocycles. The molecule has 19 heavy (non-hydrogen) atoms. The Balaban J connectivity index is 1.81. The van der Waals surface area contributed by atoms with E-state index in [2.05, 4.69) is 4.90 Å². The van der Waals surface area contributed by atoms with Crippen molar-refractivity contribution in [1.82, 2.24) is 4.90 Å². The number of aliphatic hydroxyl groups excluding tert-OH is 1. The molecular formula is C15H21NO3. The lowest BCUT2D eigenvalue weighted by molar-refractivity contribution is 0.0752. The minimum atomic E-state index is -0.143. The number of hydrogen-bond donors (Lipinski definition) is 1. The minimum Gasteiger partial charge on any atom is -0.491 e. The second kappa shape index (κ2) is 6.68. The van der Waals surface area contributed by atoms with Crippen molar-refractivity contribution in [2.45, 2.75) is 25.9 Å². The Morgan fingerprint density at radius 2 is 2.05 bits per heavy atom. The fourth-order valence-corrected chi connectivity index (χ4v) is 2.31. The number of ether oxygens (including phenoxy) is 1. The fraction of sp³-hybridized carbons (Fsp3) is 0.533. The molecule has 1 N–H and O–H groups in total. The number of carbonyl (C=O) groups excluding carboxylic acids is 1. The van der Waals surface area contributed by atoms with Gasteiger partial charge in [0.2, 0.25) is 0 Å². The molecule has 0 spiro atoms. The van der Waals surface area contributed by atoms with Crippen molar-refractivity contribution in [3.8, 4) is 5.75 Å². The zero-order chi connectivity index (χ0) is 13.7. The number of ketones is 1. The number of hydrogen-bond acceptors (Lipinski definition) is 4. The van der Waals surface area contributed by atoms with Crippen molar-refractivity contribution < 1.29 is 14.6 Å². The Hall–Kier alpha value is -1.39. The molecule has 4 nitrogen and oxygen atoms in total. The standard InChI is InChI=1S/C15H21NO3/c1-12(17)14-4-2-3-5-15(14)19-11-10-16-8-6-13(18)7-9-16/h2-5,13,18H,6-11H2,1H3. The van der Waals surface area contributed by atoms with Crippen molar-refractivity contribution in [1.29, 1.82) is 0 Å². The highest BCUT2D eigenvalue weighted by Crippen LogP contribution is 2.18. The quantitative estimate of drug-likeness (QED) is 0.822. The third kappa shape index (κ3) is 4.04. The number of aliphatic hydroxyl groups is 1. The molecule has 1 saturated heterocycles. The molecule has 0 radical (unpaired) electrons. The topological polar surface area (TPSA) is 49.8 Å². The molecule has 4 heteroatoms. The van der Waals surface area contributed by atoms with Crippen molar-refractivity contribution in [3.63, 3.8) is 0 Å². The third-order valence-electron chi connectivity index (χ3n) is 3.49. The first-order valence-corrected chi connectivity index (χ1v) is 6.80. The van der Waals surface area contributed by atoms with Gasteiger partial charge in [-0.3, -0.25) is 9.69 Å². The molecule has 1 aliphatic rings. The highest BCUT2D eigenvalue weighted by atomic mass is 16.5. The van der Waals surface area contributed by atoms with Gasteiger partial charge in [-0.05, 0) is 31.9 Å². The van der Waals surface area contributed by atoms with Crippen LogP contribution in [0.2, 0.25) is 0 Å². The summed E-state index contributed by atoms with van der Waals surface area (Å²) in [5, 5.41) is 9.43. The Bertz CT molecular complexity index is 425. The largest absolute Gasteiger partial charge is 0.491 e. The third-order valence-corrected chi connectivity index (χ3v) is 3.49. The second-order valence-electron chi connectivity index (χ2n) is 4.97. The van der Waals surface area contributed by atoms with E-state index in [-0.39, 0.29) is 11.9 Å². The van der Waals surface area contributed by atoms with Crippen LogP contribution in [0.15, 0.2) is 24.3 Å². The van der Waals surface area contributed by atoms with Gasteiger partial charge in [-0.15, -0.1) is 0 Å². The monoisotopic (exact) mass is 263 g/mol. The average Bonchev–Trinajstić information content (AvgIpc) is 2.41. The number of piperidine rings is 1. The number of rotatable bonds is 5. The van der Waals surface area contributed by atoms with Gasteiger partial charge < -0.3 is 9.84 Å². The SMILES string of the molecule is CC(=O)c1ccccc1OCCN1CCC(O)CC1. The van der Waals surface area contributed by atoms with Gasteiger partial charge in [-0.25, -0.2) is 0 Å². The van der Waals surface area contributed by atoms with E-state index in [1.807, 2.05) is 18.2 Å². The van der Waals surface area contributed by atoms with Gasteiger partial charge in [0.15, 0.2) is 5.78 Å². The molecule has 1 aromatic carbocycles. The maximum Gasteiger partial charge on any atom is 0.163 e. The molecule has 0 unspecified atom stereocenters. The van der Waals surface area contributed by atoms with Crippen LogP contribution in [0.25, 0.3) is 0 Å². The molecule has 0 amide bonds. The first-order chi connectivity index (χ1) is 9.16. The lowest BCUT2D eigenvalue weighted by atomic mass is 10.1. The summed E-state index contributed by atoms with van der Waals surface area (Å²) in [4.78, 5) is 13.7. The first kappa shape index (κ1) is 14.0. The van der Waals surface area contributed by atoms with Crippen molar-refractivity contribution in [3.05, 3.63) is 29.8 Å². The highest BCUT2D eigenvalue weighted by molar-refractivity contribution is 5.96. The van der Waals surface area contributed by atoms with Crippen LogP contribution in [-0.4, -0.2) is 48.1 Å². The van der Waals surface area contributed by atoms with Crippen LogP contribution in [-0.2, 0) is 0 Å². The number of para-hydroxylation sites is 1. The van der Waals surface area contributed by atoms with Crippen LogP contribution >= 0.6 is 0 Å². The summed E-state index contributed by atoms with van der Waals surface area (Å²) >= 11 is 0. The molecule has 0 aromatic heterocycles. The first-order valence-electron chi connectivity index (χ1n) is 6.80. The molecule has 0 aliphatic carbocycles. The van der Waals surface area contributed by atoms with E-state index in [1.165, 1.54) is 0 Å². The van der Waals surface area contributed by atoms with Crippen LogP contribution < -0.4 is 4.74 Å². The van der Waals surface area contributed by atoms with Crippen molar-refractivity contribution in [2.24, 2.45) is 0 Å². The Morgan fingerprint density at radius 3 is 2.74 bits per heavy atom. The fourth-order valence-electron chi connectivity index (χ4n) is 2.31. The van der Waals surface area contributed by atoms with Gasteiger partial charge in [-0.1, -0.05) is 12.1 Å². The molecule has 104 valence electrons.